The summed E-state index contributed by atoms with van der Waals surface area (Å²) >= 11 is 0. The highest BCUT2D eigenvalue weighted by Gasteiger charge is 2.46. The molecule has 6 nitrogen and oxygen atoms in total. The fourth-order valence-electron chi connectivity index (χ4n) is 2.81. The van der Waals surface area contributed by atoms with Gasteiger partial charge in [0.1, 0.15) is 10.6 Å². The van der Waals surface area contributed by atoms with E-state index in [9.17, 15) is 16.8 Å². The van der Waals surface area contributed by atoms with Crippen molar-refractivity contribution in [1.29, 1.82) is 0 Å². The zero-order valence-electron chi connectivity index (χ0n) is 13.6. The summed E-state index contributed by atoms with van der Waals surface area (Å²) in [6.45, 7) is 4.32. The molecule has 2 unspecified atom stereocenters. The van der Waals surface area contributed by atoms with Crippen LogP contribution in [0.15, 0.2) is 23.1 Å². The van der Waals surface area contributed by atoms with Crippen LogP contribution in [0.4, 0.5) is 0 Å². The van der Waals surface area contributed by atoms with Gasteiger partial charge in [-0.05, 0) is 37.6 Å². The fraction of sp³-hybridized carbons (Fsp3) is 0.600. The number of aryl methyl sites for hydroxylation is 1. The number of hydrogen-bond donors (Lipinski definition) is 1. The number of methoxy groups -OCH3 is 1. The van der Waals surface area contributed by atoms with Crippen LogP contribution in [0.2, 0.25) is 0 Å². The largest absolute Gasteiger partial charge is 0.495 e. The van der Waals surface area contributed by atoms with Crippen LogP contribution in [0.5, 0.6) is 5.75 Å². The van der Waals surface area contributed by atoms with Gasteiger partial charge >= 0.3 is 0 Å². The molecule has 1 heterocycles. The lowest BCUT2D eigenvalue weighted by atomic mass is 10.2. The first-order chi connectivity index (χ1) is 10.7. The van der Waals surface area contributed by atoms with Gasteiger partial charge in [0.2, 0.25) is 0 Å². The molecular weight excluding hydrogens is 338 g/mol. The van der Waals surface area contributed by atoms with E-state index in [1.54, 1.807) is 19.1 Å². The van der Waals surface area contributed by atoms with Crippen LogP contribution < -0.4 is 10.1 Å². The third-order valence-corrected chi connectivity index (χ3v) is 8.15. The van der Waals surface area contributed by atoms with Gasteiger partial charge < -0.3 is 10.1 Å². The summed E-state index contributed by atoms with van der Waals surface area (Å²) in [5.41, 5.74) is 0.781. The Morgan fingerprint density at radius 1 is 1.30 bits per heavy atom. The van der Waals surface area contributed by atoms with E-state index in [0.29, 0.717) is 6.54 Å². The summed E-state index contributed by atoms with van der Waals surface area (Å²) in [5.74, 6) is -0.257. The van der Waals surface area contributed by atoms with Gasteiger partial charge in [-0.3, -0.25) is 0 Å². The summed E-state index contributed by atoms with van der Waals surface area (Å²) < 4.78 is 55.2. The van der Waals surface area contributed by atoms with Crippen molar-refractivity contribution in [2.75, 3.05) is 25.2 Å². The molecule has 0 amide bonds. The second-order valence-electron chi connectivity index (χ2n) is 5.88. The smallest absolute Gasteiger partial charge is 0.187 e. The Kier molecular flexibility index (Phi) is 5.37. The molecule has 23 heavy (non-hydrogen) atoms. The summed E-state index contributed by atoms with van der Waals surface area (Å²) in [4.78, 5) is 0.0606. The quantitative estimate of drug-likeness (QED) is 0.811. The van der Waals surface area contributed by atoms with Gasteiger partial charge in [-0.1, -0.05) is 13.0 Å². The number of rotatable bonds is 6. The lowest BCUT2D eigenvalue weighted by molar-refractivity contribution is 0.402. The molecule has 0 aliphatic carbocycles. The molecule has 8 heteroatoms. The zero-order valence-corrected chi connectivity index (χ0v) is 15.2. The highest BCUT2D eigenvalue weighted by atomic mass is 32.2. The van der Waals surface area contributed by atoms with E-state index in [1.165, 1.54) is 13.2 Å². The van der Waals surface area contributed by atoms with Crippen LogP contribution in [0.25, 0.3) is 0 Å². The molecule has 1 aliphatic rings. The van der Waals surface area contributed by atoms with Gasteiger partial charge in [0.25, 0.3) is 0 Å². The molecule has 1 fully saturated rings. The minimum absolute atomic E-state index is 0.0606. The molecular formula is C15H23NO5S2. The molecule has 1 N–H and O–H groups in total. The SMILES string of the molecule is CCCNC1CS(=O)(=O)CC1S(=O)(=O)c1cc(C)ccc1OC. The second-order valence-corrected chi connectivity index (χ2v) is 10.2. The van der Waals surface area contributed by atoms with Gasteiger partial charge in [0, 0.05) is 6.04 Å². The number of benzene rings is 1. The Bertz CT molecular complexity index is 771. The maximum absolute atomic E-state index is 13.0. The normalized spacial score (nSPS) is 23.8. The number of ether oxygens (including phenoxy) is 1. The maximum Gasteiger partial charge on any atom is 0.187 e. The molecule has 1 aromatic carbocycles. The lowest BCUT2D eigenvalue weighted by Crippen LogP contribution is -2.43. The van der Waals surface area contributed by atoms with Gasteiger partial charge in [-0.2, -0.15) is 0 Å². The zero-order chi connectivity index (χ0) is 17.3. The first kappa shape index (κ1) is 18.2. The molecule has 2 rings (SSSR count). The number of sulfone groups is 2. The molecule has 0 radical (unpaired) electrons. The molecule has 0 bridgehead atoms. The minimum atomic E-state index is -3.82. The highest BCUT2D eigenvalue weighted by Crippen LogP contribution is 2.32. The minimum Gasteiger partial charge on any atom is -0.495 e. The van der Waals surface area contributed by atoms with Crippen molar-refractivity contribution in [3.8, 4) is 5.75 Å². The standard InChI is InChI=1S/C15H23NO5S2/c1-4-7-16-12-9-22(17,18)10-15(12)23(19,20)14-8-11(2)5-6-13(14)21-3/h5-6,8,12,15-16H,4,7,9-10H2,1-3H3. The first-order valence-electron chi connectivity index (χ1n) is 7.53. The van der Waals surface area contributed by atoms with Crippen LogP contribution >= 0.6 is 0 Å². The first-order valence-corrected chi connectivity index (χ1v) is 10.9. The van der Waals surface area contributed by atoms with Crippen molar-refractivity contribution in [2.24, 2.45) is 0 Å². The summed E-state index contributed by atoms with van der Waals surface area (Å²) in [5, 5.41) is 2.07. The Morgan fingerprint density at radius 3 is 2.61 bits per heavy atom. The molecule has 1 aliphatic heterocycles. The third kappa shape index (κ3) is 3.87. The fourth-order valence-corrected chi connectivity index (χ4v) is 7.77. The van der Waals surface area contributed by atoms with Crippen LogP contribution in [-0.2, 0) is 19.7 Å². The van der Waals surface area contributed by atoms with Gasteiger partial charge in [0.15, 0.2) is 19.7 Å². The van der Waals surface area contributed by atoms with E-state index < -0.39 is 31.0 Å². The monoisotopic (exact) mass is 361 g/mol. The third-order valence-electron chi connectivity index (χ3n) is 3.98. The van der Waals surface area contributed by atoms with Gasteiger partial charge in [-0.25, -0.2) is 16.8 Å². The van der Waals surface area contributed by atoms with Gasteiger partial charge in [0.05, 0.1) is 23.9 Å². The molecule has 1 saturated heterocycles. The van der Waals surface area contributed by atoms with Crippen LogP contribution in [0.1, 0.15) is 18.9 Å². The molecule has 0 saturated carbocycles. The van der Waals surface area contributed by atoms with Crippen LogP contribution in [-0.4, -0.2) is 53.3 Å². The van der Waals surface area contributed by atoms with E-state index in [1.807, 2.05) is 6.92 Å². The molecule has 0 spiro atoms. The van der Waals surface area contributed by atoms with Crippen molar-refractivity contribution in [3.05, 3.63) is 23.8 Å². The van der Waals surface area contributed by atoms with Crippen molar-refractivity contribution in [3.63, 3.8) is 0 Å². The van der Waals surface area contributed by atoms with Crippen molar-refractivity contribution < 1.29 is 21.6 Å². The van der Waals surface area contributed by atoms with Crippen LogP contribution in [0, 0.1) is 6.92 Å². The Labute approximate surface area is 138 Å². The van der Waals surface area contributed by atoms with E-state index in [4.69, 9.17) is 4.74 Å². The molecule has 1 aromatic rings. The van der Waals surface area contributed by atoms with Crippen molar-refractivity contribution >= 4 is 19.7 Å². The van der Waals surface area contributed by atoms with Crippen molar-refractivity contribution in [2.45, 2.75) is 36.5 Å². The predicted octanol–water partition coefficient (Wildman–Crippen LogP) is 0.943. The van der Waals surface area contributed by atoms with E-state index in [2.05, 4.69) is 5.32 Å². The molecule has 2 atom stereocenters. The average molecular weight is 361 g/mol. The average Bonchev–Trinajstić information content (AvgIpc) is 2.80. The second kappa shape index (κ2) is 6.78. The summed E-state index contributed by atoms with van der Waals surface area (Å²) in [6.07, 6.45) is 0.803. The summed E-state index contributed by atoms with van der Waals surface area (Å²) in [7, 11) is -5.79. The van der Waals surface area contributed by atoms with E-state index >= 15 is 0 Å². The Morgan fingerprint density at radius 2 is 2.00 bits per heavy atom. The molecule has 0 aromatic heterocycles. The molecule has 130 valence electrons. The Hall–Kier alpha value is -1.12. The topological polar surface area (TPSA) is 89.5 Å². The summed E-state index contributed by atoms with van der Waals surface area (Å²) in [6, 6.07) is 4.31. The van der Waals surface area contributed by atoms with Gasteiger partial charge in [-0.15, -0.1) is 0 Å². The number of nitrogens with one attached hydrogen (secondary N) is 1. The van der Waals surface area contributed by atoms with Crippen molar-refractivity contribution in [1.82, 2.24) is 5.32 Å². The van der Waals surface area contributed by atoms with Crippen LogP contribution in [0.3, 0.4) is 0 Å². The maximum atomic E-state index is 13.0. The predicted molar refractivity (Wildman–Crippen MR) is 89.4 cm³/mol. The number of hydrogen-bond acceptors (Lipinski definition) is 6. The lowest BCUT2D eigenvalue weighted by Gasteiger charge is -2.21. The van der Waals surface area contributed by atoms with E-state index in [-0.39, 0.29) is 22.2 Å². The Balaban J connectivity index is 2.47. The van der Waals surface area contributed by atoms with E-state index in [0.717, 1.165) is 12.0 Å². The highest BCUT2D eigenvalue weighted by molar-refractivity contribution is 7.96.